The summed E-state index contributed by atoms with van der Waals surface area (Å²) >= 11 is 0. The first-order valence-electron chi connectivity index (χ1n) is 17.3. The molecule has 9 heteroatoms. The number of aliphatic imine (C=N–C) groups is 1. The quantitative estimate of drug-likeness (QED) is 0.267. The maximum atomic E-state index is 16.4. The van der Waals surface area contributed by atoms with Crippen molar-refractivity contribution in [2.75, 3.05) is 31.5 Å². The first-order valence-corrected chi connectivity index (χ1v) is 17.3. The Kier molecular flexibility index (Phi) is 11.2. The van der Waals surface area contributed by atoms with E-state index in [0.717, 1.165) is 55.0 Å². The lowest BCUT2D eigenvalue weighted by molar-refractivity contribution is 0.199. The second kappa shape index (κ2) is 15.1. The van der Waals surface area contributed by atoms with Crippen LogP contribution in [0.4, 0.5) is 18.9 Å². The van der Waals surface area contributed by atoms with Crippen LogP contribution in [-0.2, 0) is 6.42 Å². The third kappa shape index (κ3) is 7.61. The van der Waals surface area contributed by atoms with Gasteiger partial charge >= 0.3 is 0 Å². The lowest BCUT2D eigenvalue weighted by Crippen LogP contribution is -2.51. The lowest BCUT2D eigenvalue weighted by Gasteiger charge is -2.39. The number of likely N-dealkylation sites (tertiary alicyclic amines) is 1. The number of hydrogen-bond donors (Lipinski definition) is 2. The predicted molar refractivity (Wildman–Crippen MR) is 188 cm³/mol. The number of aryl methyl sites for hydroxylation is 2. The Morgan fingerprint density at radius 1 is 1.17 bits per heavy atom. The average molecular weight is 649 g/mol. The fourth-order valence-electron chi connectivity index (χ4n) is 7.29. The second-order valence-electron chi connectivity index (χ2n) is 13.3. The fraction of sp³-hybridized carbons (Fsp3) is 0.526. The molecule has 3 fully saturated rings. The summed E-state index contributed by atoms with van der Waals surface area (Å²) in [6.45, 7) is 17.2. The molecule has 1 aromatic heterocycles. The number of allylic oxidation sites excluding steroid dienone is 4. The zero-order valence-corrected chi connectivity index (χ0v) is 28.7. The number of nitrogens with one attached hydrogen (secondary N) is 1. The second-order valence-corrected chi connectivity index (χ2v) is 13.3. The maximum Gasteiger partial charge on any atom is 0.173 e. The number of rotatable bonds is 9. The van der Waals surface area contributed by atoms with Gasteiger partial charge in [0.2, 0.25) is 0 Å². The predicted octanol–water partition coefficient (Wildman–Crippen LogP) is 8.46. The molecule has 254 valence electrons. The zero-order valence-electron chi connectivity index (χ0n) is 28.7. The highest BCUT2D eigenvalue weighted by atomic mass is 19.1. The van der Waals surface area contributed by atoms with Crippen LogP contribution in [0.25, 0.3) is 16.8 Å². The number of fused-ring (bicyclic) bond motifs is 2. The largest absolute Gasteiger partial charge is 0.386 e. The number of benzene rings is 1. The molecule has 3 N–H and O–H groups in total. The van der Waals surface area contributed by atoms with Gasteiger partial charge in [-0.1, -0.05) is 39.0 Å². The van der Waals surface area contributed by atoms with Crippen LogP contribution in [0.1, 0.15) is 94.9 Å². The minimum absolute atomic E-state index is 0.0767. The average Bonchev–Trinajstić information content (AvgIpc) is 3.60. The summed E-state index contributed by atoms with van der Waals surface area (Å²) in [4.78, 5) is 13.8. The number of anilines is 1. The molecule has 0 radical (unpaired) electrons. The summed E-state index contributed by atoms with van der Waals surface area (Å²) in [5.74, 6) is 0.173. The minimum atomic E-state index is -0.518. The summed E-state index contributed by atoms with van der Waals surface area (Å²) in [6, 6.07) is 4.68. The van der Waals surface area contributed by atoms with Gasteiger partial charge in [-0.15, -0.1) is 0 Å². The molecule has 3 aliphatic heterocycles. The van der Waals surface area contributed by atoms with Crippen LogP contribution in [-0.4, -0.2) is 64.9 Å². The molecule has 6 nitrogen and oxygen atoms in total. The Morgan fingerprint density at radius 3 is 2.62 bits per heavy atom. The Hall–Kier alpha value is -3.59. The topological polar surface area (TPSA) is 69.8 Å². The van der Waals surface area contributed by atoms with E-state index in [0.29, 0.717) is 72.1 Å². The highest BCUT2D eigenvalue weighted by molar-refractivity contribution is 6.04. The first kappa shape index (κ1) is 34.7. The number of halogens is 3. The van der Waals surface area contributed by atoms with Crippen LogP contribution in [0.3, 0.4) is 0 Å². The summed E-state index contributed by atoms with van der Waals surface area (Å²) in [5, 5.41) is 3.19. The van der Waals surface area contributed by atoms with E-state index in [1.807, 2.05) is 39.8 Å². The fourth-order valence-corrected chi connectivity index (χ4v) is 7.29. The minimum Gasteiger partial charge on any atom is -0.386 e. The van der Waals surface area contributed by atoms with Gasteiger partial charge in [-0.3, -0.25) is 14.9 Å². The van der Waals surface area contributed by atoms with E-state index in [-0.39, 0.29) is 17.6 Å². The van der Waals surface area contributed by atoms with Crippen molar-refractivity contribution < 1.29 is 13.2 Å². The molecule has 4 aliphatic rings. The molecule has 4 heterocycles. The van der Waals surface area contributed by atoms with Gasteiger partial charge in [0, 0.05) is 60.8 Å². The first-order chi connectivity index (χ1) is 22.5. The zero-order chi connectivity index (χ0) is 33.8. The van der Waals surface area contributed by atoms with Gasteiger partial charge in [0.15, 0.2) is 5.82 Å². The standard InChI is InChI=1S/C31H39F2N5.C7H12FN/c1-7-10-27(34)38-16-22(17-38)37-20(6)25-15-35-30(29(33)31(25)36-19(5)8-2)24-14-18(4)13-21-11-12-26(32)23(9-3)28(21)24;8-6-4-7-2-1-3-9(7)5-6/h10,13-15,22H,5,7-9,11-12,16-17,34H2,1-4,6H3,(H,35,36);6-7H,1-5H2. The van der Waals surface area contributed by atoms with Crippen molar-refractivity contribution in [1.29, 1.82) is 0 Å². The summed E-state index contributed by atoms with van der Waals surface area (Å²) in [5.41, 5.74) is 12.7. The molecule has 2 atom stereocenters. The van der Waals surface area contributed by atoms with E-state index in [1.165, 1.54) is 12.8 Å². The van der Waals surface area contributed by atoms with Crippen LogP contribution < -0.4 is 11.1 Å². The van der Waals surface area contributed by atoms with Crippen molar-refractivity contribution in [1.82, 2.24) is 14.8 Å². The van der Waals surface area contributed by atoms with Gasteiger partial charge in [0.1, 0.15) is 17.7 Å². The summed E-state index contributed by atoms with van der Waals surface area (Å²) in [7, 11) is 0. The third-order valence-corrected chi connectivity index (χ3v) is 9.83. The molecule has 2 unspecified atom stereocenters. The van der Waals surface area contributed by atoms with Crippen LogP contribution in [0.5, 0.6) is 0 Å². The molecular weight excluding hydrogens is 597 g/mol. The summed E-state index contributed by atoms with van der Waals surface area (Å²) < 4.78 is 43.9. The molecule has 0 saturated carbocycles. The number of aromatic nitrogens is 1. The van der Waals surface area contributed by atoms with Crippen LogP contribution in [0, 0.1) is 12.7 Å². The van der Waals surface area contributed by atoms with Gasteiger partial charge in [-0.25, -0.2) is 13.2 Å². The van der Waals surface area contributed by atoms with Crippen LogP contribution in [0.2, 0.25) is 0 Å². The van der Waals surface area contributed by atoms with Crippen molar-refractivity contribution in [2.45, 2.75) is 104 Å². The monoisotopic (exact) mass is 648 g/mol. The molecule has 1 aromatic carbocycles. The molecule has 47 heavy (non-hydrogen) atoms. The van der Waals surface area contributed by atoms with E-state index in [1.54, 1.807) is 6.20 Å². The van der Waals surface area contributed by atoms with Crippen molar-refractivity contribution in [3.8, 4) is 11.3 Å². The van der Waals surface area contributed by atoms with Gasteiger partial charge in [-0.2, -0.15) is 0 Å². The van der Waals surface area contributed by atoms with Crippen molar-refractivity contribution in [3.05, 3.63) is 76.4 Å². The smallest absolute Gasteiger partial charge is 0.173 e. The van der Waals surface area contributed by atoms with E-state index in [4.69, 9.17) is 10.7 Å². The number of alkyl halides is 1. The Bertz CT molecular complexity index is 1560. The lowest BCUT2D eigenvalue weighted by atomic mass is 9.83. The molecule has 3 saturated heterocycles. The SMILES string of the molecule is C=C(CC)Nc1c(C(C)=NC2CN(C(N)=CCC)C2)cnc(-c2cc(C)cc3c2C(CC)=C(F)CC3)c1F.FC1CC2CCCN2C1. The van der Waals surface area contributed by atoms with Crippen LogP contribution in [0.15, 0.2) is 53.3 Å². The molecule has 1 aliphatic carbocycles. The normalized spacial score (nSPS) is 21.7. The Balaban J connectivity index is 0.000000410. The van der Waals surface area contributed by atoms with Gasteiger partial charge in [0.25, 0.3) is 0 Å². The maximum absolute atomic E-state index is 16.4. The Morgan fingerprint density at radius 2 is 1.94 bits per heavy atom. The number of pyridine rings is 1. The van der Waals surface area contributed by atoms with E-state index < -0.39 is 12.0 Å². The van der Waals surface area contributed by atoms with Crippen LogP contribution >= 0.6 is 0 Å². The van der Waals surface area contributed by atoms with Crippen molar-refractivity contribution in [3.63, 3.8) is 0 Å². The van der Waals surface area contributed by atoms with E-state index in [2.05, 4.69) is 39.7 Å². The molecule has 2 aromatic rings. The highest BCUT2D eigenvalue weighted by Gasteiger charge is 2.35. The molecule has 6 rings (SSSR count). The number of nitrogens with two attached hydrogens (primary N) is 1. The van der Waals surface area contributed by atoms with Gasteiger partial charge in [0.05, 0.1) is 17.6 Å². The van der Waals surface area contributed by atoms with E-state index >= 15 is 4.39 Å². The molecule has 0 amide bonds. The van der Waals surface area contributed by atoms with E-state index in [9.17, 15) is 8.78 Å². The molecular formula is C38H51F3N6. The highest BCUT2D eigenvalue weighted by Crippen LogP contribution is 2.42. The number of nitrogens with zero attached hydrogens (tertiary/aromatic N) is 4. The Labute approximate surface area is 278 Å². The van der Waals surface area contributed by atoms with Gasteiger partial charge in [-0.05, 0) is 94.2 Å². The third-order valence-electron chi connectivity index (χ3n) is 9.83. The van der Waals surface area contributed by atoms with Gasteiger partial charge < -0.3 is 16.0 Å². The summed E-state index contributed by atoms with van der Waals surface area (Å²) in [6.07, 6.45) is 9.52. The number of hydrogen-bond acceptors (Lipinski definition) is 6. The molecule has 0 spiro atoms. The molecule has 0 bridgehead atoms. The van der Waals surface area contributed by atoms with Crippen molar-refractivity contribution >= 4 is 17.0 Å². The van der Waals surface area contributed by atoms with Crippen molar-refractivity contribution in [2.24, 2.45) is 10.7 Å².